The van der Waals surface area contributed by atoms with Crippen molar-refractivity contribution in [1.82, 2.24) is 15.3 Å². The number of carbonyl (C=O) groups is 1. The Morgan fingerprint density at radius 3 is 2.92 bits per heavy atom. The first-order valence-corrected chi connectivity index (χ1v) is 8.64. The van der Waals surface area contributed by atoms with Gasteiger partial charge in [0.2, 0.25) is 11.9 Å². The van der Waals surface area contributed by atoms with Crippen molar-refractivity contribution < 1.29 is 9.53 Å². The minimum absolute atomic E-state index is 0.0385. The van der Waals surface area contributed by atoms with Crippen molar-refractivity contribution in [2.24, 2.45) is 0 Å². The third kappa shape index (κ3) is 4.07. The highest BCUT2D eigenvalue weighted by Gasteiger charge is 2.32. The third-order valence-electron chi connectivity index (χ3n) is 4.49. The van der Waals surface area contributed by atoms with Crippen LogP contribution < -0.4 is 15.0 Å². The van der Waals surface area contributed by atoms with Crippen LogP contribution in [-0.4, -0.2) is 42.1 Å². The van der Waals surface area contributed by atoms with Crippen molar-refractivity contribution >= 4 is 11.9 Å². The van der Waals surface area contributed by atoms with Gasteiger partial charge in [-0.05, 0) is 43.9 Å². The van der Waals surface area contributed by atoms with E-state index in [1.807, 2.05) is 17.0 Å². The zero-order valence-corrected chi connectivity index (χ0v) is 14.7. The fourth-order valence-electron chi connectivity index (χ4n) is 3.26. The topological polar surface area (TPSA) is 67.3 Å². The minimum Gasteiger partial charge on any atom is -0.496 e. The summed E-state index contributed by atoms with van der Waals surface area (Å²) in [5.41, 5.74) is 2.29. The molecule has 1 aliphatic rings. The van der Waals surface area contributed by atoms with Gasteiger partial charge in [-0.2, -0.15) is 0 Å². The van der Waals surface area contributed by atoms with Gasteiger partial charge in [-0.15, -0.1) is 0 Å². The molecule has 25 heavy (non-hydrogen) atoms. The maximum atomic E-state index is 12.6. The van der Waals surface area contributed by atoms with E-state index in [2.05, 4.69) is 28.3 Å². The summed E-state index contributed by atoms with van der Waals surface area (Å²) >= 11 is 0. The molecule has 1 aliphatic heterocycles. The number of nitrogens with zero attached hydrogens (tertiary/aromatic N) is 3. The van der Waals surface area contributed by atoms with Crippen LogP contribution in [0, 0.1) is 6.92 Å². The van der Waals surface area contributed by atoms with E-state index >= 15 is 0 Å². The Kier molecular flexibility index (Phi) is 5.48. The summed E-state index contributed by atoms with van der Waals surface area (Å²) in [6, 6.07) is 7.69. The molecule has 0 aliphatic carbocycles. The minimum atomic E-state index is -0.193. The number of anilines is 1. The Balaban J connectivity index is 1.58. The van der Waals surface area contributed by atoms with Gasteiger partial charge in [-0.1, -0.05) is 17.7 Å². The zero-order valence-electron chi connectivity index (χ0n) is 14.7. The summed E-state index contributed by atoms with van der Waals surface area (Å²) in [6.07, 6.45) is 5.96. The molecule has 1 aromatic carbocycles. The first-order valence-electron chi connectivity index (χ1n) is 8.64. The maximum absolute atomic E-state index is 12.6. The maximum Gasteiger partial charge on any atom is 0.242 e. The van der Waals surface area contributed by atoms with Gasteiger partial charge in [0.05, 0.1) is 7.11 Å². The number of rotatable bonds is 6. The van der Waals surface area contributed by atoms with Crippen LogP contribution in [0.3, 0.4) is 0 Å². The molecule has 2 heterocycles. The van der Waals surface area contributed by atoms with Crippen LogP contribution in [0.15, 0.2) is 36.7 Å². The van der Waals surface area contributed by atoms with E-state index < -0.39 is 0 Å². The SMILES string of the molecule is COc1ccc(C)cc1CCNC(=O)[C@H]1CCCN1c1ncccn1. The monoisotopic (exact) mass is 340 g/mol. The summed E-state index contributed by atoms with van der Waals surface area (Å²) in [7, 11) is 1.67. The summed E-state index contributed by atoms with van der Waals surface area (Å²) < 4.78 is 5.40. The average molecular weight is 340 g/mol. The molecule has 6 heteroatoms. The number of hydrogen-bond acceptors (Lipinski definition) is 5. The van der Waals surface area contributed by atoms with Crippen molar-refractivity contribution in [1.29, 1.82) is 0 Å². The van der Waals surface area contributed by atoms with Crippen molar-refractivity contribution in [3.05, 3.63) is 47.8 Å². The van der Waals surface area contributed by atoms with Crippen LogP contribution in [0.4, 0.5) is 5.95 Å². The second-order valence-electron chi connectivity index (χ2n) is 6.26. The predicted molar refractivity (Wildman–Crippen MR) is 96.8 cm³/mol. The Morgan fingerprint density at radius 2 is 2.16 bits per heavy atom. The summed E-state index contributed by atoms with van der Waals surface area (Å²) in [6.45, 7) is 3.45. The molecule has 2 aromatic rings. The number of carbonyl (C=O) groups excluding carboxylic acids is 1. The number of ether oxygens (including phenoxy) is 1. The fraction of sp³-hybridized carbons (Fsp3) is 0.421. The lowest BCUT2D eigenvalue weighted by atomic mass is 10.1. The third-order valence-corrected chi connectivity index (χ3v) is 4.49. The molecule has 1 saturated heterocycles. The van der Waals surface area contributed by atoms with Crippen LogP contribution in [0.2, 0.25) is 0 Å². The second kappa shape index (κ2) is 7.96. The Labute approximate surface area is 148 Å². The normalized spacial score (nSPS) is 16.7. The molecule has 0 spiro atoms. The van der Waals surface area contributed by atoms with Crippen molar-refractivity contribution in [3.63, 3.8) is 0 Å². The molecular weight excluding hydrogens is 316 g/mol. The van der Waals surface area contributed by atoms with Gasteiger partial charge >= 0.3 is 0 Å². The van der Waals surface area contributed by atoms with Crippen LogP contribution in [0.1, 0.15) is 24.0 Å². The molecule has 0 bridgehead atoms. The highest BCUT2D eigenvalue weighted by atomic mass is 16.5. The van der Waals surface area contributed by atoms with Gasteiger partial charge in [-0.25, -0.2) is 9.97 Å². The molecule has 1 atom stereocenters. The fourth-order valence-corrected chi connectivity index (χ4v) is 3.26. The lowest BCUT2D eigenvalue weighted by Crippen LogP contribution is -2.44. The first kappa shape index (κ1) is 17.2. The van der Waals surface area contributed by atoms with E-state index in [1.54, 1.807) is 25.6 Å². The number of methoxy groups -OCH3 is 1. The van der Waals surface area contributed by atoms with Crippen LogP contribution in [0.25, 0.3) is 0 Å². The highest BCUT2D eigenvalue weighted by molar-refractivity contribution is 5.85. The number of hydrogen-bond donors (Lipinski definition) is 1. The highest BCUT2D eigenvalue weighted by Crippen LogP contribution is 2.22. The predicted octanol–water partition coefficient (Wildman–Crippen LogP) is 2.12. The average Bonchev–Trinajstić information content (AvgIpc) is 3.12. The molecule has 132 valence electrons. The molecule has 0 unspecified atom stereocenters. The van der Waals surface area contributed by atoms with E-state index in [9.17, 15) is 4.79 Å². The number of aromatic nitrogens is 2. The summed E-state index contributed by atoms with van der Waals surface area (Å²) in [4.78, 5) is 23.1. The Hall–Kier alpha value is -2.63. The number of amides is 1. The van der Waals surface area contributed by atoms with Crippen LogP contribution in [-0.2, 0) is 11.2 Å². The molecule has 1 fully saturated rings. The van der Waals surface area contributed by atoms with E-state index in [1.165, 1.54) is 5.56 Å². The Bertz CT molecular complexity index is 721. The molecule has 6 nitrogen and oxygen atoms in total. The van der Waals surface area contributed by atoms with Crippen LogP contribution >= 0.6 is 0 Å². The van der Waals surface area contributed by atoms with Gasteiger partial charge in [0.15, 0.2) is 0 Å². The largest absolute Gasteiger partial charge is 0.496 e. The van der Waals surface area contributed by atoms with Gasteiger partial charge in [0.1, 0.15) is 11.8 Å². The van der Waals surface area contributed by atoms with Crippen molar-refractivity contribution in [2.45, 2.75) is 32.2 Å². The van der Waals surface area contributed by atoms with Crippen molar-refractivity contribution in [2.75, 3.05) is 25.1 Å². The molecule has 0 radical (unpaired) electrons. The molecule has 0 saturated carbocycles. The number of aryl methyl sites for hydroxylation is 1. The molecule has 1 amide bonds. The zero-order chi connectivity index (χ0) is 17.6. The van der Waals surface area contributed by atoms with Gasteiger partial charge in [0, 0.05) is 25.5 Å². The lowest BCUT2D eigenvalue weighted by Gasteiger charge is -2.23. The smallest absolute Gasteiger partial charge is 0.242 e. The Morgan fingerprint density at radius 1 is 1.36 bits per heavy atom. The van der Waals surface area contributed by atoms with Gasteiger partial charge in [-0.3, -0.25) is 4.79 Å². The molecule has 1 aromatic heterocycles. The lowest BCUT2D eigenvalue weighted by molar-refractivity contribution is -0.122. The molecule has 1 N–H and O–H groups in total. The molecular formula is C19H24N4O2. The van der Waals surface area contributed by atoms with Crippen molar-refractivity contribution in [3.8, 4) is 5.75 Å². The number of nitrogens with one attached hydrogen (secondary N) is 1. The molecule has 3 rings (SSSR count). The first-order chi connectivity index (χ1) is 12.2. The van der Waals surface area contributed by atoms with Crippen LogP contribution in [0.5, 0.6) is 5.75 Å². The summed E-state index contributed by atoms with van der Waals surface area (Å²) in [5, 5.41) is 3.05. The summed E-state index contributed by atoms with van der Waals surface area (Å²) in [5.74, 6) is 1.53. The van der Waals surface area contributed by atoms with E-state index in [0.29, 0.717) is 12.5 Å². The van der Waals surface area contributed by atoms with Gasteiger partial charge < -0.3 is 15.0 Å². The van der Waals surface area contributed by atoms with E-state index in [-0.39, 0.29) is 11.9 Å². The van der Waals surface area contributed by atoms with Gasteiger partial charge in [0.25, 0.3) is 0 Å². The quantitative estimate of drug-likeness (QED) is 0.872. The number of benzene rings is 1. The van der Waals surface area contributed by atoms with E-state index in [4.69, 9.17) is 4.74 Å². The second-order valence-corrected chi connectivity index (χ2v) is 6.26. The standard InChI is InChI=1S/C19H24N4O2/c1-14-6-7-17(25-2)15(13-14)8-11-20-18(24)16-5-3-12-23(16)19-21-9-4-10-22-19/h4,6-7,9-10,13,16H,3,5,8,11-12H2,1-2H3,(H,20,24)/t16-/m1/s1. The van der Waals surface area contributed by atoms with E-state index in [0.717, 1.165) is 37.1 Å².